The Kier molecular flexibility index (Phi) is 6.26. The van der Waals surface area contributed by atoms with Crippen molar-refractivity contribution in [3.63, 3.8) is 0 Å². The topological polar surface area (TPSA) is 95.6 Å². The molecule has 0 atom stereocenters. The number of hydrogen-bond acceptors (Lipinski definition) is 4. The highest BCUT2D eigenvalue weighted by atomic mass is 32.2. The highest BCUT2D eigenvalue weighted by molar-refractivity contribution is 7.89. The Hall–Kier alpha value is -2.19. The number of nitrogens with one attached hydrogen (secondary N) is 2. The normalized spacial score (nSPS) is 10.8. The molecule has 0 aliphatic rings. The minimum Gasteiger partial charge on any atom is -0.358 e. The number of sulfonamides is 1. The van der Waals surface area contributed by atoms with Crippen molar-refractivity contribution in [2.45, 2.75) is 4.90 Å². The maximum Gasteiger partial charge on any atom is 0.254 e. The zero-order chi connectivity index (χ0) is 16.8. The number of likely N-dealkylation sites (N-methyl/N-ethyl adjacent to an activating group) is 2. The molecule has 1 aromatic carbocycles. The standard InChI is InChI=1S/C14H19N3O4S/c1-4-9-16-22(20,21)12-7-5-11(6-8-12)14(19)17(3)10-13(18)15-2/h4-8,16H,1,9-10H2,2-3H3,(H,15,18). The van der Waals surface area contributed by atoms with Crippen LogP contribution in [-0.2, 0) is 14.8 Å². The van der Waals surface area contributed by atoms with E-state index < -0.39 is 10.0 Å². The van der Waals surface area contributed by atoms with Crippen LogP contribution in [-0.4, -0.2) is 52.3 Å². The Balaban J connectivity index is 2.86. The van der Waals surface area contributed by atoms with E-state index in [1.165, 1.54) is 49.3 Å². The third-order valence-electron chi connectivity index (χ3n) is 2.84. The van der Waals surface area contributed by atoms with E-state index in [4.69, 9.17) is 0 Å². The van der Waals surface area contributed by atoms with Crippen molar-refractivity contribution in [3.8, 4) is 0 Å². The van der Waals surface area contributed by atoms with Gasteiger partial charge in [-0.25, -0.2) is 13.1 Å². The monoisotopic (exact) mass is 325 g/mol. The van der Waals surface area contributed by atoms with Crippen molar-refractivity contribution in [2.75, 3.05) is 27.2 Å². The van der Waals surface area contributed by atoms with Crippen LogP contribution in [0.15, 0.2) is 41.8 Å². The fourth-order valence-electron chi connectivity index (χ4n) is 1.62. The Labute approximate surface area is 130 Å². The molecular weight excluding hydrogens is 306 g/mol. The van der Waals surface area contributed by atoms with Crippen LogP contribution in [0.25, 0.3) is 0 Å². The number of carbonyl (C=O) groups excluding carboxylic acids is 2. The first kappa shape index (κ1) is 17.9. The number of amides is 2. The third kappa shape index (κ3) is 4.68. The second-order valence-corrected chi connectivity index (χ2v) is 6.27. The average molecular weight is 325 g/mol. The lowest BCUT2D eigenvalue weighted by Gasteiger charge is -2.16. The summed E-state index contributed by atoms with van der Waals surface area (Å²) < 4.78 is 26.1. The van der Waals surface area contributed by atoms with E-state index in [-0.39, 0.29) is 29.8 Å². The maximum absolute atomic E-state index is 12.1. The fourth-order valence-corrected chi connectivity index (χ4v) is 2.61. The van der Waals surface area contributed by atoms with E-state index in [2.05, 4.69) is 16.6 Å². The van der Waals surface area contributed by atoms with Gasteiger partial charge in [0.2, 0.25) is 15.9 Å². The first-order chi connectivity index (χ1) is 10.3. The van der Waals surface area contributed by atoms with Gasteiger partial charge in [-0.1, -0.05) is 6.08 Å². The molecule has 0 saturated carbocycles. The van der Waals surface area contributed by atoms with Crippen LogP contribution >= 0.6 is 0 Å². The molecule has 0 saturated heterocycles. The van der Waals surface area contributed by atoms with E-state index in [1.54, 1.807) is 0 Å². The number of carbonyl (C=O) groups is 2. The van der Waals surface area contributed by atoms with Gasteiger partial charge >= 0.3 is 0 Å². The van der Waals surface area contributed by atoms with Crippen LogP contribution < -0.4 is 10.0 Å². The van der Waals surface area contributed by atoms with E-state index in [0.29, 0.717) is 5.56 Å². The molecule has 8 heteroatoms. The van der Waals surface area contributed by atoms with Gasteiger partial charge in [-0.15, -0.1) is 6.58 Å². The molecule has 120 valence electrons. The summed E-state index contributed by atoms with van der Waals surface area (Å²) in [5.41, 5.74) is 0.300. The van der Waals surface area contributed by atoms with Gasteiger partial charge in [0.25, 0.3) is 5.91 Å². The molecular formula is C14H19N3O4S. The minimum atomic E-state index is -3.62. The largest absolute Gasteiger partial charge is 0.358 e. The zero-order valence-electron chi connectivity index (χ0n) is 12.5. The Morgan fingerprint density at radius 1 is 1.27 bits per heavy atom. The molecule has 0 aliphatic heterocycles. The van der Waals surface area contributed by atoms with Crippen LogP contribution in [0.2, 0.25) is 0 Å². The molecule has 7 nitrogen and oxygen atoms in total. The molecule has 0 bridgehead atoms. The van der Waals surface area contributed by atoms with Crippen LogP contribution in [0.3, 0.4) is 0 Å². The highest BCUT2D eigenvalue weighted by Crippen LogP contribution is 2.11. The molecule has 0 aliphatic carbocycles. The van der Waals surface area contributed by atoms with Gasteiger partial charge in [0.15, 0.2) is 0 Å². The maximum atomic E-state index is 12.1. The molecule has 0 heterocycles. The van der Waals surface area contributed by atoms with Crippen LogP contribution in [0.1, 0.15) is 10.4 Å². The van der Waals surface area contributed by atoms with Gasteiger partial charge in [0, 0.05) is 26.2 Å². The Bertz CT molecular complexity index is 653. The predicted octanol–water partition coefficient (Wildman–Crippen LogP) is -0.0311. The minimum absolute atomic E-state index is 0.0554. The Morgan fingerprint density at radius 2 is 1.86 bits per heavy atom. The summed E-state index contributed by atoms with van der Waals surface area (Å²) in [4.78, 5) is 24.6. The summed E-state index contributed by atoms with van der Waals surface area (Å²) in [7, 11) is -0.642. The second-order valence-electron chi connectivity index (χ2n) is 4.50. The lowest BCUT2D eigenvalue weighted by molar-refractivity contribution is -0.121. The summed E-state index contributed by atoms with van der Waals surface area (Å²) in [6.07, 6.45) is 1.43. The molecule has 0 radical (unpaired) electrons. The van der Waals surface area contributed by atoms with Crippen molar-refractivity contribution in [1.82, 2.24) is 14.9 Å². The third-order valence-corrected chi connectivity index (χ3v) is 4.28. The SMILES string of the molecule is C=CCNS(=O)(=O)c1ccc(C(=O)N(C)CC(=O)NC)cc1. The van der Waals surface area contributed by atoms with Crippen LogP contribution in [0.5, 0.6) is 0 Å². The smallest absolute Gasteiger partial charge is 0.254 e. The van der Waals surface area contributed by atoms with Crippen molar-refractivity contribution < 1.29 is 18.0 Å². The summed E-state index contributed by atoms with van der Waals surface area (Å²) in [5, 5.41) is 2.42. The summed E-state index contributed by atoms with van der Waals surface area (Å²) in [6, 6.07) is 5.50. The molecule has 2 amide bonds. The van der Waals surface area contributed by atoms with Crippen molar-refractivity contribution in [2.24, 2.45) is 0 Å². The lowest BCUT2D eigenvalue weighted by Crippen LogP contribution is -2.36. The second kappa shape index (κ2) is 7.71. The molecule has 2 N–H and O–H groups in total. The van der Waals surface area contributed by atoms with Gasteiger partial charge in [-0.05, 0) is 24.3 Å². The fraction of sp³-hybridized carbons (Fsp3) is 0.286. The molecule has 22 heavy (non-hydrogen) atoms. The zero-order valence-corrected chi connectivity index (χ0v) is 13.3. The number of nitrogens with zero attached hydrogens (tertiary/aromatic N) is 1. The first-order valence-corrected chi connectivity index (χ1v) is 7.97. The average Bonchev–Trinajstić information content (AvgIpc) is 2.52. The van der Waals surface area contributed by atoms with Crippen molar-refractivity contribution >= 4 is 21.8 Å². The quantitative estimate of drug-likeness (QED) is 0.688. The lowest BCUT2D eigenvalue weighted by atomic mass is 10.2. The molecule has 0 aromatic heterocycles. The van der Waals surface area contributed by atoms with Gasteiger partial charge in [0.1, 0.15) is 0 Å². The van der Waals surface area contributed by atoms with E-state index in [1.807, 2.05) is 0 Å². The number of hydrogen-bond donors (Lipinski definition) is 2. The van der Waals surface area contributed by atoms with Crippen molar-refractivity contribution in [1.29, 1.82) is 0 Å². The highest BCUT2D eigenvalue weighted by Gasteiger charge is 2.17. The van der Waals surface area contributed by atoms with Gasteiger partial charge < -0.3 is 10.2 Å². The first-order valence-electron chi connectivity index (χ1n) is 6.48. The summed E-state index contributed by atoms with van der Waals surface area (Å²) in [6.45, 7) is 3.48. The van der Waals surface area contributed by atoms with E-state index >= 15 is 0 Å². The number of benzene rings is 1. The molecule has 0 spiro atoms. The molecule has 1 aromatic rings. The number of rotatable bonds is 7. The molecule has 0 fully saturated rings. The van der Waals surface area contributed by atoms with Crippen LogP contribution in [0.4, 0.5) is 0 Å². The van der Waals surface area contributed by atoms with Gasteiger partial charge in [-0.3, -0.25) is 9.59 Å². The summed E-state index contributed by atoms with van der Waals surface area (Å²) in [5.74, 6) is -0.657. The molecule has 1 rings (SSSR count). The van der Waals surface area contributed by atoms with Gasteiger partial charge in [-0.2, -0.15) is 0 Å². The van der Waals surface area contributed by atoms with E-state index in [9.17, 15) is 18.0 Å². The Morgan fingerprint density at radius 3 is 2.36 bits per heavy atom. The van der Waals surface area contributed by atoms with Gasteiger partial charge in [0.05, 0.1) is 11.4 Å². The molecule has 0 unspecified atom stereocenters. The van der Waals surface area contributed by atoms with Crippen LogP contribution in [0, 0.1) is 0 Å². The van der Waals surface area contributed by atoms with Crippen molar-refractivity contribution in [3.05, 3.63) is 42.5 Å². The summed E-state index contributed by atoms with van der Waals surface area (Å²) >= 11 is 0. The van der Waals surface area contributed by atoms with E-state index in [0.717, 1.165) is 0 Å². The predicted molar refractivity (Wildman–Crippen MR) is 82.9 cm³/mol.